The zero-order valence-electron chi connectivity index (χ0n) is 4.57. The molecule has 68 valence electrons. The maximum absolute atomic E-state index is 11.1. The third-order valence-corrected chi connectivity index (χ3v) is 2.06. The van der Waals surface area contributed by atoms with Crippen molar-refractivity contribution in [1.29, 1.82) is 0 Å². The van der Waals surface area contributed by atoms with E-state index in [0.29, 0.717) is 0 Å². The Labute approximate surface area is 56.3 Å². The highest BCUT2D eigenvalue weighted by molar-refractivity contribution is 7.60. The highest BCUT2D eigenvalue weighted by Crippen LogP contribution is 2.68. The van der Waals surface area contributed by atoms with Crippen molar-refractivity contribution in [3.05, 3.63) is 0 Å². The van der Waals surface area contributed by atoms with Gasteiger partial charge in [-0.3, -0.25) is 4.57 Å². The van der Waals surface area contributed by atoms with E-state index in [2.05, 4.69) is 0 Å². The lowest BCUT2D eigenvalue weighted by atomic mass is 11.5. The van der Waals surface area contributed by atoms with Crippen molar-refractivity contribution < 1.29 is 35.8 Å². The van der Waals surface area contributed by atoms with E-state index in [1.54, 1.807) is 0 Å². The molecule has 0 bridgehead atoms. The lowest BCUT2D eigenvalue weighted by molar-refractivity contribution is -0.107. The molecular formula is C2HF6O2P. The van der Waals surface area contributed by atoms with Crippen LogP contribution in [0.3, 0.4) is 0 Å². The number of rotatable bonds is 0. The average molecular weight is 202 g/mol. The van der Waals surface area contributed by atoms with Crippen molar-refractivity contribution in [2.75, 3.05) is 0 Å². The lowest BCUT2D eigenvalue weighted by Gasteiger charge is -2.16. The zero-order valence-corrected chi connectivity index (χ0v) is 5.46. The smallest absolute Gasteiger partial charge is 0.332 e. The summed E-state index contributed by atoms with van der Waals surface area (Å²) in [6.45, 7) is 0. The van der Waals surface area contributed by atoms with Gasteiger partial charge in [-0.05, 0) is 0 Å². The molecule has 0 aliphatic heterocycles. The van der Waals surface area contributed by atoms with Crippen LogP contribution in [0.5, 0.6) is 0 Å². The molecule has 11 heavy (non-hydrogen) atoms. The van der Waals surface area contributed by atoms with E-state index in [4.69, 9.17) is 4.89 Å². The summed E-state index contributed by atoms with van der Waals surface area (Å²) in [4.78, 5) is 7.49. The number of hydrogen-bond acceptors (Lipinski definition) is 1. The third kappa shape index (κ3) is 1.87. The van der Waals surface area contributed by atoms with E-state index < -0.39 is 19.2 Å². The molecule has 0 aromatic rings. The fourth-order valence-corrected chi connectivity index (χ4v) is 0.431. The van der Waals surface area contributed by atoms with E-state index in [0.717, 1.165) is 0 Å². The van der Waals surface area contributed by atoms with E-state index in [9.17, 15) is 30.9 Å². The van der Waals surface area contributed by atoms with Gasteiger partial charge in [-0.1, -0.05) is 0 Å². The summed E-state index contributed by atoms with van der Waals surface area (Å²) in [5.74, 6) is -12.3. The topological polar surface area (TPSA) is 37.3 Å². The summed E-state index contributed by atoms with van der Waals surface area (Å²) in [7, 11) is -7.06. The van der Waals surface area contributed by atoms with Crippen LogP contribution in [0.1, 0.15) is 0 Å². The molecule has 0 aliphatic carbocycles. The molecule has 0 unspecified atom stereocenters. The van der Waals surface area contributed by atoms with Gasteiger partial charge in [-0.2, -0.15) is 26.3 Å². The summed E-state index contributed by atoms with van der Waals surface area (Å²) < 4.78 is 76.1. The van der Waals surface area contributed by atoms with Crippen molar-refractivity contribution in [1.82, 2.24) is 0 Å². The van der Waals surface area contributed by atoms with Crippen LogP contribution in [-0.4, -0.2) is 16.7 Å². The van der Waals surface area contributed by atoms with Gasteiger partial charge >= 0.3 is 19.2 Å². The SMILES string of the molecule is O=P(O)(C(F)(F)F)C(F)(F)F. The minimum Gasteiger partial charge on any atom is -0.332 e. The molecule has 0 fully saturated rings. The third-order valence-electron chi connectivity index (χ3n) is 0.687. The van der Waals surface area contributed by atoms with Crippen molar-refractivity contribution in [2.24, 2.45) is 0 Å². The number of alkyl halides is 6. The van der Waals surface area contributed by atoms with E-state index >= 15 is 0 Å². The summed E-state index contributed by atoms with van der Waals surface area (Å²) in [5, 5.41) is 0. The van der Waals surface area contributed by atoms with Gasteiger partial charge in [0.2, 0.25) is 0 Å². The molecule has 9 heteroatoms. The second-order valence-electron chi connectivity index (χ2n) is 1.51. The Kier molecular flexibility index (Phi) is 2.33. The molecule has 0 aromatic carbocycles. The number of halogens is 6. The van der Waals surface area contributed by atoms with Crippen LogP contribution < -0.4 is 0 Å². The number of hydrogen-bond donors (Lipinski definition) is 1. The van der Waals surface area contributed by atoms with Gasteiger partial charge in [-0.15, -0.1) is 0 Å². The lowest BCUT2D eigenvalue weighted by Crippen LogP contribution is -2.21. The first kappa shape index (κ1) is 10.8. The molecule has 0 rings (SSSR count). The van der Waals surface area contributed by atoms with Gasteiger partial charge in [0.05, 0.1) is 0 Å². The van der Waals surface area contributed by atoms with E-state index in [1.165, 1.54) is 0 Å². The Bertz CT molecular complexity index is 172. The maximum Gasteiger partial charge on any atom is 0.474 e. The van der Waals surface area contributed by atoms with Crippen molar-refractivity contribution in [2.45, 2.75) is 11.8 Å². The standard InChI is InChI=1S/C2HF6O2P/c3-1(4,5)11(9,10)2(6,7)8/h(H,9,10). The molecule has 0 aromatic heterocycles. The largest absolute Gasteiger partial charge is 0.474 e. The van der Waals surface area contributed by atoms with Crippen LogP contribution >= 0.6 is 7.37 Å². The first-order valence-electron chi connectivity index (χ1n) is 1.96. The molecule has 0 saturated carbocycles. The summed E-state index contributed by atoms with van der Waals surface area (Å²) in [5.41, 5.74) is 0. The highest BCUT2D eigenvalue weighted by Gasteiger charge is 2.67. The molecule has 0 saturated heterocycles. The predicted molar refractivity (Wildman–Crippen MR) is 21.9 cm³/mol. The fourth-order valence-electron chi connectivity index (χ4n) is 0.144. The highest BCUT2D eigenvalue weighted by atomic mass is 31.2. The summed E-state index contributed by atoms with van der Waals surface area (Å²) >= 11 is 0. The monoisotopic (exact) mass is 202 g/mol. The first-order chi connectivity index (χ1) is 4.50. The van der Waals surface area contributed by atoms with Gasteiger partial charge in [0, 0.05) is 0 Å². The normalized spacial score (nSPS) is 15.2. The van der Waals surface area contributed by atoms with E-state index in [-0.39, 0.29) is 0 Å². The Hall–Kier alpha value is -0.230. The molecule has 0 spiro atoms. The average Bonchev–Trinajstić information content (AvgIpc) is 1.58. The molecule has 1 N–H and O–H groups in total. The van der Waals surface area contributed by atoms with Crippen molar-refractivity contribution in [3.63, 3.8) is 0 Å². The first-order valence-corrected chi connectivity index (χ1v) is 3.62. The van der Waals surface area contributed by atoms with Crippen molar-refractivity contribution >= 4 is 7.37 Å². The van der Waals surface area contributed by atoms with Crippen molar-refractivity contribution in [3.8, 4) is 0 Å². The van der Waals surface area contributed by atoms with Gasteiger partial charge in [-0.25, -0.2) is 0 Å². The Morgan fingerprint density at radius 3 is 1.09 bits per heavy atom. The Balaban J connectivity index is 4.92. The molecular weight excluding hydrogens is 201 g/mol. The summed E-state index contributed by atoms with van der Waals surface area (Å²) in [6, 6.07) is 0. The zero-order chi connectivity index (χ0) is 9.50. The van der Waals surface area contributed by atoms with Crippen LogP contribution in [-0.2, 0) is 4.57 Å². The maximum atomic E-state index is 11.1. The quantitative estimate of drug-likeness (QED) is 0.483. The summed E-state index contributed by atoms with van der Waals surface area (Å²) in [6.07, 6.45) is 0. The fraction of sp³-hybridized carbons (Fsp3) is 1.00. The molecule has 0 atom stereocenters. The molecule has 0 radical (unpaired) electrons. The van der Waals surface area contributed by atoms with Gasteiger partial charge in [0.15, 0.2) is 0 Å². The minimum absolute atomic E-state index is 6.13. The Morgan fingerprint density at radius 1 is 0.909 bits per heavy atom. The van der Waals surface area contributed by atoms with Gasteiger partial charge < -0.3 is 4.89 Å². The minimum atomic E-state index is -7.06. The van der Waals surface area contributed by atoms with Crippen LogP contribution in [0, 0.1) is 0 Å². The Morgan fingerprint density at radius 2 is 1.09 bits per heavy atom. The van der Waals surface area contributed by atoms with Gasteiger partial charge in [0.1, 0.15) is 0 Å². The van der Waals surface area contributed by atoms with Crippen LogP contribution in [0.4, 0.5) is 26.3 Å². The second kappa shape index (κ2) is 2.38. The van der Waals surface area contributed by atoms with Crippen LogP contribution in [0.15, 0.2) is 0 Å². The molecule has 2 nitrogen and oxygen atoms in total. The van der Waals surface area contributed by atoms with E-state index in [1.807, 2.05) is 0 Å². The molecule has 0 amide bonds. The van der Waals surface area contributed by atoms with Crippen LogP contribution in [0.2, 0.25) is 0 Å². The molecule has 0 heterocycles. The second-order valence-corrected chi connectivity index (χ2v) is 3.68. The predicted octanol–water partition coefficient (Wildman–Crippen LogP) is 2.30. The van der Waals surface area contributed by atoms with Gasteiger partial charge in [0.25, 0.3) is 0 Å². The molecule has 0 aliphatic rings. The van der Waals surface area contributed by atoms with Crippen LogP contribution in [0.25, 0.3) is 0 Å².